The van der Waals surface area contributed by atoms with E-state index in [-0.39, 0.29) is 17.7 Å². The van der Waals surface area contributed by atoms with Gasteiger partial charge in [0.25, 0.3) is 0 Å². The summed E-state index contributed by atoms with van der Waals surface area (Å²) in [5, 5.41) is 10.7. The van der Waals surface area contributed by atoms with Gasteiger partial charge in [-0.2, -0.15) is 0 Å². The van der Waals surface area contributed by atoms with Crippen LogP contribution in [0.15, 0.2) is 53.3 Å². The molecule has 6 rings (SSSR count). The van der Waals surface area contributed by atoms with Crippen LogP contribution in [0.3, 0.4) is 0 Å². The maximum absolute atomic E-state index is 13.8. The normalized spacial score (nSPS) is 17.2. The van der Waals surface area contributed by atoms with Crippen LogP contribution < -0.4 is 9.80 Å². The minimum absolute atomic E-state index is 0.286. The number of hydrogen-bond donors (Lipinski definition) is 1. The summed E-state index contributed by atoms with van der Waals surface area (Å²) >= 11 is 0. The molecule has 2 fully saturated rings. The molecule has 36 heavy (non-hydrogen) atoms. The Morgan fingerprint density at radius 2 is 1.61 bits per heavy atom. The number of halogens is 1. The van der Waals surface area contributed by atoms with Gasteiger partial charge in [0.15, 0.2) is 0 Å². The number of carbonyl (C=O) groups excluding carboxylic acids is 1. The molecule has 0 spiro atoms. The molecule has 2 aliphatic heterocycles. The number of aliphatic hydroxyl groups is 1. The van der Waals surface area contributed by atoms with Crippen molar-refractivity contribution >= 4 is 28.5 Å². The number of carbonyl (C=O) groups is 1. The second kappa shape index (κ2) is 9.31. The first-order valence-corrected chi connectivity index (χ1v) is 12.3. The van der Waals surface area contributed by atoms with Crippen molar-refractivity contribution < 1.29 is 18.7 Å². The zero-order valence-corrected chi connectivity index (χ0v) is 19.7. The van der Waals surface area contributed by atoms with Gasteiger partial charge < -0.3 is 19.3 Å². The van der Waals surface area contributed by atoms with Crippen molar-refractivity contribution in [2.24, 2.45) is 0 Å². The van der Waals surface area contributed by atoms with E-state index >= 15 is 0 Å². The molecule has 0 atom stereocenters. The third-order valence-corrected chi connectivity index (χ3v) is 7.02. The van der Waals surface area contributed by atoms with E-state index in [0.717, 1.165) is 33.7 Å². The van der Waals surface area contributed by atoms with E-state index in [4.69, 9.17) is 4.42 Å². The maximum Gasteiger partial charge on any atom is 0.232 e. The lowest BCUT2D eigenvalue weighted by atomic mass is 9.99. The molecule has 184 valence electrons. The lowest BCUT2D eigenvalue weighted by molar-refractivity contribution is -0.119. The van der Waals surface area contributed by atoms with Gasteiger partial charge in [0.1, 0.15) is 35.3 Å². The number of benzene rings is 1. The molecule has 4 aromatic rings. The molecule has 3 aromatic heterocycles. The third-order valence-electron chi connectivity index (χ3n) is 7.02. The fraction of sp³-hybridized carbons (Fsp3) is 0.333. The highest BCUT2D eigenvalue weighted by atomic mass is 19.1. The van der Waals surface area contributed by atoms with Gasteiger partial charge in [-0.3, -0.25) is 4.79 Å². The van der Waals surface area contributed by atoms with E-state index in [1.54, 1.807) is 18.3 Å². The number of pyridine rings is 1. The summed E-state index contributed by atoms with van der Waals surface area (Å²) in [5.74, 6) is 2.11. The predicted octanol–water partition coefficient (Wildman–Crippen LogP) is 4.22. The second-order valence-electron chi connectivity index (χ2n) is 9.34. The standard InChI is InChI=1S/C27H26FN5O3/c28-19-4-1-17(2-5-19)23-24-26(33-13-9-21(35)10-14-33)30-16-31-27(24)36-25(23)18-3-6-22(29-15-18)32-11-7-20(34)8-12-32/h1-6,15-16,21,35H,7-14H2. The minimum Gasteiger partial charge on any atom is -0.437 e. The van der Waals surface area contributed by atoms with E-state index in [1.165, 1.54) is 18.5 Å². The first-order chi connectivity index (χ1) is 17.6. The molecular weight excluding hydrogens is 461 g/mol. The number of aliphatic hydroxyl groups excluding tert-OH is 1. The molecule has 0 radical (unpaired) electrons. The number of aromatic nitrogens is 3. The number of Topliss-reactive ketones (excluding diaryl/α,β-unsaturated/α-hetero) is 1. The van der Waals surface area contributed by atoms with Gasteiger partial charge in [-0.1, -0.05) is 12.1 Å². The molecule has 1 N–H and O–H groups in total. The van der Waals surface area contributed by atoms with Crippen LogP contribution in [0.1, 0.15) is 25.7 Å². The van der Waals surface area contributed by atoms with E-state index in [1.807, 2.05) is 12.1 Å². The van der Waals surface area contributed by atoms with Crippen LogP contribution in [0.5, 0.6) is 0 Å². The van der Waals surface area contributed by atoms with Gasteiger partial charge in [-0.25, -0.2) is 19.3 Å². The molecule has 2 saturated heterocycles. The molecule has 0 unspecified atom stereocenters. The van der Waals surface area contributed by atoms with E-state index in [9.17, 15) is 14.3 Å². The van der Waals surface area contributed by atoms with E-state index in [0.29, 0.717) is 63.3 Å². The lowest BCUT2D eigenvalue weighted by Gasteiger charge is -2.30. The van der Waals surface area contributed by atoms with Crippen molar-refractivity contribution in [1.29, 1.82) is 0 Å². The largest absolute Gasteiger partial charge is 0.437 e. The van der Waals surface area contributed by atoms with Gasteiger partial charge in [0.2, 0.25) is 5.71 Å². The lowest BCUT2D eigenvalue weighted by Crippen LogP contribution is -2.36. The molecule has 2 aliphatic rings. The zero-order valence-electron chi connectivity index (χ0n) is 19.7. The summed E-state index contributed by atoms with van der Waals surface area (Å²) < 4.78 is 20.1. The van der Waals surface area contributed by atoms with Crippen LogP contribution in [0.2, 0.25) is 0 Å². The first kappa shape index (κ1) is 22.6. The fourth-order valence-corrected chi connectivity index (χ4v) is 5.02. The van der Waals surface area contributed by atoms with E-state index < -0.39 is 0 Å². The quantitative estimate of drug-likeness (QED) is 0.457. The highest BCUT2D eigenvalue weighted by Gasteiger charge is 2.27. The molecule has 9 heteroatoms. The van der Waals surface area contributed by atoms with Crippen molar-refractivity contribution in [1.82, 2.24) is 15.0 Å². The molecule has 0 bridgehead atoms. The van der Waals surface area contributed by atoms with Gasteiger partial charge in [-0.05, 0) is 42.7 Å². The van der Waals surface area contributed by atoms with Crippen LogP contribution >= 0.6 is 0 Å². The van der Waals surface area contributed by atoms with Crippen molar-refractivity contribution in [3.63, 3.8) is 0 Å². The van der Waals surface area contributed by atoms with Gasteiger partial charge in [-0.15, -0.1) is 0 Å². The monoisotopic (exact) mass is 487 g/mol. The summed E-state index contributed by atoms with van der Waals surface area (Å²) in [6, 6.07) is 10.2. The summed E-state index contributed by atoms with van der Waals surface area (Å²) in [7, 11) is 0. The van der Waals surface area contributed by atoms with Crippen molar-refractivity contribution in [3.8, 4) is 22.5 Å². The fourth-order valence-electron chi connectivity index (χ4n) is 5.02. The Balaban J connectivity index is 1.46. The predicted molar refractivity (Wildman–Crippen MR) is 134 cm³/mol. The third kappa shape index (κ3) is 4.19. The van der Waals surface area contributed by atoms with Gasteiger partial charge >= 0.3 is 0 Å². The molecule has 0 amide bonds. The Bertz CT molecular complexity index is 1390. The second-order valence-corrected chi connectivity index (χ2v) is 9.34. The Morgan fingerprint density at radius 3 is 2.31 bits per heavy atom. The number of rotatable bonds is 4. The molecule has 8 nitrogen and oxygen atoms in total. The summed E-state index contributed by atoms with van der Waals surface area (Å²) in [6.45, 7) is 2.68. The van der Waals surface area contributed by atoms with Crippen LogP contribution in [-0.2, 0) is 4.79 Å². The van der Waals surface area contributed by atoms with Crippen molar-refractivity contribution in [3.05, 3.63) is 54.7 Å². The smallest absolute Gasteiger partial charge is 0.232 e. The molecule has 0 aliphatic carbocycles. The molecule has 1 aromatic carbocycles. The maximum atomic E-state index is 13.8. The minimum atomic E-state index is -0.319. The van der Waals surface area contributed by atoms with Crippen LogP contribution in [0, 0.1) is 5.82 Å². The summed E-state index contributed by atoms with van der Waals surface area (Å²) in [6.07, 6.45) is 5.35. The highest BCUT2D eigenvalue weighted by Crippen LogP contribution is 2.43. The number of anilines is 2. The number of hydrogen-bond acceptors (Lipinski definition) is 8. The Kier molecular flexibility index (Phi) is 5.85. The number of nitrogens with zero attached hydrogens (tertiary/aromatic N) is 5. The number of piperidine rings is 2. The highest BCUT2D eigenvalue weighted by molar-refractivity contribution is 6.06. The van der Waals surface area contributed by atoms with Crippen molar-refractivity contribution in [2.75, 3.05) is 36.0 Å². The van der Waals surface area contributed by atoms with Gasteiger partial charge in [0, 0.05) is 56.3 Å². The number of furan rings is 1. The topological polar surface area (TPSA) is 95.6 Å². The Labute approximate surface area is 207 Å². The summed E-state index contributed by atoms with van der Waals surface area (Å²) in [4.78, 5) is 29.5. The molecule has 0 saturated carbocycles. The Morgan fingerprint density at radius 1 is 0.889 bits per heavy atom. The molecule has 5 heterocycles. The average Bonchev–Trinajstić information content (AvgIpc) is 3.30. The van der Waals surface area contributed by atoms with Crippen LogP contribution in [0.25, 0.3) is 33.6 Å². The van der Waals surface area contributed by atoms with Gasteiger partial charge in [0.05, 0.1) is 11.5 Å². The number of ketones is 1. The molecular formula is C27H26FN5O3. The Hall–Kier alpha value is -3.85. The first-order valence-electron chi connectivity index (χ1n) is 12.3. The zero-order chi connectivity index (χ0) is 24.6. The van der Waals surface area contributed by atoms with E-state index in [2.05, 4.69) is 24.8 Å². The summed E-state index contributed by atoms with van der Waals surface area (Å²) in [5.41, 5.74) is 2.78. The van der Waals surface area contributed by atoms with Crippen LogP contribution in [-0.4, -0.2) is 58.1 Å². The average molecular weight is 488 g/mol. The SMILES string of the molecule is O=C1CCN(c2ccc(-c3oc4ncnc(N5CCC(O)CC5)c4c3-c3ccc(F)cc3)cn2)CC1. The van der Waals surface area contributed by atoms with Crippen LogP contribution in [0.4, 0.5) is 16.0 Å². The number of fused-ring (bicyclic) bond motifs is 1. The van der Waals surface area contributed by atoms with Crippen molar-refractivity contribution in [2.45, 2.75) is 31.8 Å².